The molecular formula is C21H18F4N6O. The number of imidazole rings is 1. The number of amides is 1. The number of aromatic nitrogens is 2. The quantitative estimate of drug-likeness (QED) is 0.601. The van der Waals surface area contributed by atoms with E-state index >= 15 is 0 Å². The van der Waals surface area contributed by atoms with Crippen LogP contribution in [0.1, 0.15) is 11.4 Å². The van der Waals surface area contributed by atoms with E-state index in [1.807, 2.05) is 15.9 Å². The van der Waals surface area contributed by atoms with Crippen molar-refractivity contribution < 1.29 is 22.4 Å². The lowest BCUT2D eigenvalue weighted by Crippen LogP contribution is -2.48. The standard InChI is InChI=1S/C21H18F4N6O/c22-15-2-1-3-18(14(15)11-26)31-8-6-30(7-9-31)12-19(32)27-13-4-5-16-17(10-13)29-20(28-16)21(23,24)25/h1-5,10H,6-9,12H2,(H,27,32)(H,28,29). The number of nitriles is 1. The van der Waals surface area contributed by atoms with Crippen molar-refractivity contribution in [1.29, 1.82) is 5.26 Å². The molecule has 1 aliphatic heterocycles. The highest BCUT2D eigenvalue weighted by Crippen LogP contribution is 2.29. The first-order chi connectivity index (χ1) is 15.2. The number of alkyl halides is 3. The fraction of sp³-hybridized carbons (Fsp3) is 0.286. The van der Waals surface area contributed by atoms with Gasteiger partial charge in [0, 0.05) is 31.9 Å². The highest BCUT2D eigenvalue weighted by atomic mass is 19.4. The van der Waals surface area contributed by atoms with E-state index in [1.54, 1.807) is 12.1 Å². The van der Waals surface area contributed by atoms with Gasteiger partial charge in [-0.1, -0.05) is 6.07 Å². The number of hydrogen-bond donors (Lipinski definition) is 2. The summed E-state index contributed by atoms with van der Waals surface area (Å²) in [5, 5.41) is 11.9. The molecule has 166 valence electrons. The Kier molecular flexibility index (Phi) is 5.71. The molecule has 7 nitrogen and oxygen atoms in total. The summed E-state index contributed by atoms with van der Waals surface area (Å²) in [5.41, 5.74) is 1.22. The third-order valence-corrected chi connectivity index (χ3v) is 5.22. The summed E-state index contributed by atoms with van der Waals surface area (Å²) < 4.78 is 52.2. The number of nitrogens with zero attached hydrogens (tertiary/aromatic N) is 4. The van der Waals surface area contributed by atoms with Crippen molar-refractivity contribution in [2.45, 2.75) is 6.18 Å². The lowest BCUT2D eigenvalue weighted by molar-refractivity contribution is -0.144. The molecule has 0 unspecified atom stereocenters. The van der Waals surface area contributed by atoms with Gasteiger partial charge in [-0.3, -0.25) is 9.69 Å². The average molecular weight is 446 g/mol. The van der Waals surface area contributed by atoms with E-state index in [4.69, 9.17) is 0 Å². The Morgan fingerprint density at radius 2 is 1.94 bits per heavy atom. The highest BCUT2D eigenvalue weighted by Gasteiger charge is 2.34. The van der Waals surface area contributed by atoms with Gasteiger partial charge >= 0.3 is 6.18 Å². The summed E-state index contributed by atoms with van der Waals surface area (Å²) in [5.74, 6) is -1.97. The summed E-state index contributed by atoms with van der Waals surface area (Å²) in [6.45, 7) is 2.20. The van der Waals surface area contributed by atoms with Crippen molar-refractivity contribution in [2.24, 2.45) is 0 Å². The highest BCUT2D eigenvalue weighted by molar-refractivity contribution is 5.94. The Bertz CT molecular complexity index is 1190. The van der Waals surface area contributed by atoms with Crippen LogP contribution in [-0.4, -0.2) is 53.5 Å². The minimum atomic E-state index is -4.58. The van der Waals surface area contributed by atoms with Gasteiger partial charge in [0.05, 0.1) is 23.3 Å². The molecule has 1 aromatic heterocycles. The summed E-state index contributed by atoms with van der Waals surface area (Å²) in [6, 6.07) is 10.7. The molecule has 0 atom stereocenters. The van der Waals surface area contributed by atoms with Crippen molar-refractivity contribution in [3.8, 4) is 6.07 Å². The van der Waals surface area contributed by atoms with Crippen LogP contribution < -0.4 is 10.2 Å². The van der Waals surface area contributed by atoms with Crippen LogP contribution in [0.15, 0.2) is 36.4 Å². The summed E-state index contributed by atoms with van der Waals surface area (Å²) in [6.07, 6.45) is -4.58. The maximum absolute atomic E-state index is 13.8. The molecule has 0 bridgehead atoms. The maximum atomic E-state index is 13.8. The van der Waals surface area contributed by atoms with Crippen molar-refractivity contribution in [2.75, 3.05) is 42.9 Å². The number of hydrogen-bond acceptors (Lipinski definition) is 5. The lowest BCUT2D eigenvalue weighted by Gasteiger charge is -2.36. The van der Waals surface area contributed by atoms with Crippen LogP contribution in [-0.2, 0) is 11.0 Å². The molecule has 0 saturated carbocycles. The van der Waals surface area contributed by atoms with Gasteiger partial charge in [-0.15, -0.1) is 0 Å². The molecule has 11 heteroatoms. The number of aromatic amines is 1. The minimum absolute atomic E-state index is 0.00146. The number of rotatable bonds is 4. The predicted octanol–water partition coefficient (Wildman–Crippen LogP) is 3.35. The van der Waals surface area contributed by atoms with Crippen LogP contribution in [0.25, 0.3) is 11.0 Å². The largest absolute Gasteiger partial charge is 0.449 e. The van der Waals surface area contributed by atoms with Gasteiger partial charge < -0.3 is 15.2 Å². The molecule has 32 heavy (non-hydrogen) atoms. The summed E-state index contributed by atoms with van der Waals surface area (Å²) >= 11 is 0. The van der Waals surface area contributed by atoms with Crippen molar-refractivity contribution in [1.82, 2.24) is 14.9 Å². The number of H-pyrrole nitrogens is 1. The van der Waals surface area contributed by atoms with E-state index < -0.39 is 17.8 Å². The Morgan fingerprint density at radius 1 is 1.19 bits per heavy atom. The number of benzene rings is 2. The third kappa shape index (κ3) is 4.50. The van der Waals surface area contributed by atoms with Gasteiger partial charge in [0.15, 0.2) is 0 Å². The molecule has 2 N–H and O–H groups in total. The molecule has 2 heterocycles. The van der Waals surface area contributed by atoms with Gasteiger partial charge in [-0.05, 0) is 30.3 Å². The smallest absolute Gasteiger partial charge is 0.368 e. The maximum Gasteiger partial charge on any atom is 0.449 e. The number of nitrogens with one attached hydrogen (secondary N) is 2. The fourth-order valence-corrected chi connectivity index (χ4v) is 3.66. The SMILES string of the molecule is N#Cc1c(F)cccc1N1CCN(CC(=O)Nc2ccc3nc(C(F)(F)F)[nH]c3c2)CC1. The van der Waals surface area contributed by atoms with Crippen molar-refractivity contribution in [3.63, 3.8) is 0 Å². The normalized spacial score (nSPS) is 15.0. The van der Waals surface area contributed by atoms with Gasteiger partial charge in [0.1, 0.15) is 17.4 Å². The molecular weight excluding hydrogens is 428 g/mol. The first kappa shape index (κ1) is 21.6. The van der Waals surface area contributed by atoms with Crippen LogP contribution >= 0.6 is 0 Å². The molecule has 0 radical (unpaired) electrons. The molecule has 0 aliphatic carbocycles. The monoisotopic (exact) mass is 446 g/mol. The Hall–Kier alpha value is -3.65. The number of fused-ring (bicyclic) bond motifs is 1. The molecule has 1 aliphatic rings. The number of anilines is 2. The van der Waals surface area contributed by atoms with Crippen molar-refractivity contribution >= 4 is 28.3 Å². The zero-order valence-electron chi connectivity index (χ0n) is 16.7. The summed E-state index contributed by atoms with van der Waals surface area (Å²) in [4.78, 5) is 21.9. The van der Waals surface area contributed by atoms with Crippen LogP contribution in [0.5, 0.6) is 0 Å². The van der Waals surface area contributed by atoms with E-state index in [0.29, 0.717) is 37.6 Å². The number of carbonyl (C=O) groups excluding carboxylic acids is 1. The number of halogens is 4. The third-order valence-electron chi connectivity index (χ3n) is 5.22. The predicted molar refractivity (Wildman–Crippen MR) is 109 cm³/mol. The molecule has 1 amide bonds. The average Bonchev–Trinajstić information content (AvgIpc) is 3.18. The van der Waals surface area contributed by atoms with Gasteiger partial charge in [0.25, 0.3) is 0 Å². The first-order valence-electron chi connectivity index (χ1n) is 9.77. The molecule has 0 spiro atoms. The Labute approximate surface area is 180 Å². The molecule has 1 fully saturated rings. The molecule has 1 saturated heterocycles. The van der Waals surface area contributed by atoms with Crippen LogP contribution in [0.2, 0.25) is 0 Å². The van der Waals surface area contributed by atoms with Crippen LogP contribution in [0.3, 0.4) is 0 Å². The Balaban J connectivity index is 1.35. The van der Waals surface area contributed by atoms with E-state index in [-0.39, 0.29) is 29.0 Å². The first-order valence-corrected chi connectivity index (χ1v) is 9.77. The van der Waals surface area contributed by atoms with E-state index in [0.717, 1.165) is 0 Å². The summed E-state index contributed by atoms with van der Waals surface area (Å²) in [7, 11) is 0. The van der Waals surface area contributed by atoms with Crippen molar-refractivity contribution in [3.05, 3.63) is 53.6 Å². The molecule has 3 aromatic rings. The van der Waals surface area contributed by atoms with E-state index in [2.05, 4.69) is 15.3 Å². The minimum Gasteiger partial charge on any atom is -0.368 e. The van der Waals surface area contributed by atoms with Gasteiger partial charge in [0.2, 0.25) is 11.7 Å². The second-order valence-electron chi connectivity index (χ2n) is 7.37. The van der Waals surface area contributed by atoms with Gasteiger partial charge in [-0.2, -0.15) is 18.4 Å². The second-order valence-corrected chi connectivity index (χ2v) is 7.37. The van der Waals surface area contributed by atoms with Crippen LogP contribution in [0.4, 0.5) is 28.9 Å². The topological polar surface area (TPSA) is 88.1 Å². The Morgan fingerprint density at radius 3 is 2.62 bits per heavy atom. The zero-order valence-corrected chi connectivity index (χ0v) is 16.7. The van der Waals surface area contributed by atoms with E-state index in [9.17, 15) is 27.6 Å². The fourth-order valence-electron chi connectivity index (χ4n) is 3.66. The molecule has 4 rings (SSSR count). The number of carbonyl (C=O) groups is 1. The van der Waals surface area contributed by atoms with Crippen LogP contribution in [0, 0.1) is 17.1 Å². The number of piperazine rings is 1. The lowest BCUT2D eigenvalue weighted by atomic mass is 10.1. The molecule has 2 aromatic carbocycles. The zero-order chi connectivity index (χ0) is 22.9. The van der Waals surface area contributed by atoms with Gasteiger partial charge in [-0.25, -0.2) is 9.37 Å². The van der Waals surface area contributed by atoms with E-state index in [1.165, 1.54) is 24.3 Å². The second kappa shape index (κ2) is 8.47.